The number of imidazole rings is 1. The maximum absolute atomic E-state index is 12.1. The smallest absolute Gasteiger partial charge is 0.230 e. The predicted octanol–water partition coefficient (Wildman–Crippen LogP) is 4.13. The molecule has 1 amide bonds. The van der Waals surface area contributed by atoms with Crippen LogP contribution in [0.5, 0.6) is 0 Å². The second-order valence-electron chi connectivity index (χ2n) is 5.00. The maximum atomic E-state index is 12.1. The lowest BCUT2D eigenvalue weighted by Gasteiger charge is -2.06. The van der Waals surface area contributed by atoms with Gasteiger partial charge in [0.25, 0.3) is 0 Å². The van der Waals surface area contributed by atoms with Crippen molar-refractivity contribution in [3.05, 3.63) is 64.0 Å². The van der Waals surface area contributed by atoms with Gasteiger partial charge in [0.1, 0.15) is 5.65 Å². The van der Waals surface area contributed by atoms with Gasteiger partial charge in [-0.3, -0.25) is 4.79 Å². The third kappa shape index (κ3) is 3.08. The Bertz CT molecular complexity index is 858. The molecule has 1 N–H and O–H groups in total. The molecule has 6 heteroatoms. The summed E-state index contributed by atoms with van der Waals surface area (Å²) in [5.41, 5.74) is 3.16. The molecule has 0 aliphatic heterocycles. The van der Waals surface area contributed by atoms with Crippen molar-refractivity contribution in [2.75, 3.05) is 5.32 Å². The van der Waals surface area contributed by atoms with E-state index in [1.165, 1.54) is 0 Å². The highest BCUT2D eigenvalue weighted by molar-refractivity contribution is 6.36. The molecule has 22 heavy (non-hydrogen) atoms. The van der Waals surface area contributed by atoms with Crippen LogP contribution in [0.3, 0.4) is 0 Å². The molecule has 0 saturated carbocycles. The van der Waals surface area contributed by atoms with Crippen LogP contribution in [0.4, 0.5) is 5.69 Å². The Morgan fingerprint density at radius 2 is 2.14 bits per heavy atom. The minimum absolute atomic E-state index is 0.176. The molecule has 1 aromatic carbocycles. The Morgan fingerprint density at radius 1 is 1.32 bits per heavy atom. The highest BCUT2D eigenvalue weighted by atomic mass is 35.5. The van der Waals surface area contributed by atoms with E-state index in [1.54, 1.807) is 18.2 Å². The number of nitrogens with zero attached hydrogens (tertiary/aromatic N) is 2. The van der Waals surface area contributed by atoms with E-state index in [0.717, 1.165) is 11.2 Å². The Balaban J connectivity index is 1.77. The van der Waals surface area contributed by atoms with Gasteiger partial charge < -0.3 is 9.72 Å². The maximum Gasteiger partial charge on any atom is 0.230 e. The number of anilines is 1. The minimum atomic E-state index is -0.176. The number of aryl methyl sites for hydroxylation is 1. The van der Waals surface area contributed by atoms with E-state index in [2.05, 4.69) is 10.3 Å². The number of halogens is 2. The van der Waals surface area contributed by atoms with Crippen LogP contribution >= 0.6 is 23.2 Å². The summed E-state index contributed by atoms with van der Waals surface area (Å²) in [5.74, 6) is -0.176. The lowest BCUT2D eigenvalue weighted by molar-refractivity contribution is -0.115. The molecule has 0 atom stereocenters. The van der Waals surface area contributed by atoms with Crippen LogP contribution in [0, 0.1) is 6.92 Å². The summed E-state index contributed by atoms with van der Waals surface area (Å²) < 4.78 is 1.91. The van der Waals surface area contributed by atoms with E-state index in [1.807, 2.05) is 35.9 Å². The first-order valence-electron chi connectivity index (χ1n) is 6.71. The van der Waals surface area contributed by atoms with Gasteiger partial charge in [-0.15, -0.1) is 0 Å². The van der Waals surface area contributed by atoms with Crippen molar-refractivity contribution >= 4 is 40.4 Å². The van der Waals surface area contributed by atoms with Crippen molar-refractivity contribution in [1.82, 2.24) is 9.38 Å². The lowest BCUT2D eigenvalue weighted by Crippen LogP contribution is -2.14. The zero-order valence-electron chi connectivity index (χ0n) is 11.8. The van der Waals surface area contributed by atoms with E-state index in [-0.39, 0.29) is 12.3 Å². The molecule has 0 saturated heterocycles. The number of rotatable bonds is 3. The van der Waals surface area contributed by atoms with Gasteiger partial charge in [-0.1, -0.05) is 29.3 Å². The highest BCUT2D eigenvalue weighted by Crippen LogP contribution is 2.25. The number of nitrogens with one attached hydrogen (secondary N) is 1. The molecular weight excluding hydrogens is 321 g/mol. The molecule has 112 valence electrons. The quantitative estimate of drug-likeness (QED) is 0.783. The van der Waals surface area contributed by atoms with Crippen LogP contribution < -0.4 is 5.32 Å². The molecule has 0 unspecified atom stereocenters. The Kier molecular flexibility index (Phi) is 4.05. The van der Waals surface area contributed by atoms with Gasteiger partial charge in [0.05, 0.1) is 22.8 Å². The van der Waals surface area contributed by atoms with Crippen LogP contribution in [0.15, 0.2) is 42.7 Å². The molecule has 4 nitrogen and oxygen atoms in total. The molecule has 0 bridgehead atoms. The van der Waals surface area contributed by atoms with Gasteiger partial charge in [-0.2, -0.15) is 0 Å². The van der Waals surface area contributed by atoms with Crippen LogP contribution in [0.25, 0.3) is 5.65 Å². The molecular formula is C16H13Cl2N3O. The number of aromatic nitrogens is 2. The van der Waals surface area contributed by atoms with Crippen molar-refractivity contribution in [2.45, 2.75) is 13.3 Å². The van der Waals surface area contributed by atoms with Gasteiger partial charge in [0.15, 0.2) is 0 Å². The molecule has 0 aliphatic rings. The van der Waals surface area contributed by atoms with E-state index in [4.69, 9.17) is 23.2 Å². The summed E-state index contributed by atoms with van der Waals surface area (Å²) in [6, 6.07) is 8.88. The third-order valence-electron chi connectivity index (χ3n) is 3.27. The fourth-order valence-electron chi connectivity index (χ4n) is 2.24. The summed E-state index contributed by atoms with van der Waals surface area (Å²) in [5, 5.41) is 3.70. The average Bonchev–Trinajstić information content (AvgIpc) is 2.86. The number of pyridine rings is 1. The topological polar surface area (TPSA) is 46.4 Å². The monoisotopic (exact) mass is 333 g/mol. The predicted molar refractivity (Wildman–Crippen MR) is 88.7 cm³/mol. The number of fused-ring (bicyclic) bond motifs is 1. The number of carbonyl (C=O) groups excluding carboxylic acids is 1. The lowest BCUT2D eigenvalue weighted by atomic mass is 10.2. The Labute approximate surface area is 137 Å². The van der Waals surface area contributed by atoms with Crippen molar-refractivity contribution in [1.29, 1.82) is 0 Å². The van der Waals surface area contributed by atoms with Crippen molar-refractivity contribution in [3.8, 4) is 0 Å². The zero-order valence-corrected chi connectivity index (χ0v) is 13.3. The first kappa shape index (κ1) is 14.9. The normalized spacial score (nSPS) is 10.9. The molecule has 3 rings (SSSR count). The largest absolute Gasteiger partial charge is 0.324 e. The van der Waals surface area contributed by atoms with Crippen molar-refractivity contribution in [3.63, 3.8) is 0 Å². The first-order valence-corrected chi connectivity index (χ1v) is 7.46. The molecule has 0 aliphatic carbocycles. The number of benzene rings is 1. The van der Waals surface area contributed by atoms with Gasteiger partial charge in [0, 0.05) is 17.4 Å². The van der Waals surface area contributed by atoms with Crippen molar-refractivity contribution in [2.24, 2.45) is 0 Å². The van der Waals surface area contributed by atoms with Crippen molar-refractivity contribution < 1.29 is 4.79 Å². The fraction of sp³-hybridized carbons (Fsp3) is 0.125. The van der Waals surface area contributed by atoms with E-state index >= 15 is 0 Å². The van der Waals surface area contributed by atoms with E-state index in [9.17, 15) is 4.79 Å². The van der Waals surface area contributed by atoms with Gasteiger partial charge in [-0.05, 0) is 36.8 Å². The number of amides is 1. The SMILES string of the molecule is Cc1cccn2cc(CC(=O)Nc3ccc(Cl)cc3Cl)nc12. The summed E-state index contributed by atoms with van der Waals surface area (Å²) >= 11 is 11.9. The van der Waals surface area contributed by atoms with Crippen LogP contribution in [-0.2, 0) is 11.2 Å². The highest BCUT2D eigenvalue weighted by Gasteiger charge is 2.10. The molecule has 0 radical (unpaired) electrons. The second kappa shape index (κ2) is 5.99. The van der Waals surface area contributed by atoms with Gasteiger partial charge >= 0.3 is 0 Å². The molecule has 2 heterocycles. The summed E-state index contributed by atoms with van der Waals surface area (Å²) in [7, 11) is 0. The minimum Gasteiger partial charge on any atom is -0.324 e. The summed E-state index contributed by atoms with van der Waals surface area (Å²) in [4.78, 5) is 16.6. The van der Waals surface area contributed by atoms with Crippen LogP contribution in [0.1, 0.15) is 11.3 Å². The Morgan fingerprint density at radius 3 is 2.86 bits per heavy atom. The van der Waals surface area contributed by atoms with Crippen LogP contribution in [-0.4, -0.2) is 15.3 Å². The standard InChI is InChI=1S/C16H13Cl2N3O/c1-10-3-2-6-21-9-12(19-16(10)21)8-15(22)20-14-5-4-11(17)7-13(14)18/h2-7,9H,8H2,1H3,(H,20,22). The molecule has 0 spiro atoms. The molecule has 2 aromatic heterocycles. The van der Waals surface area contributed by atoms with Gasteiger partial charge in [-0.25, -0.2) is 4.98 Å². The first-order chi connectivity index (χ1) is 10.5. The second-order valence-corrected chi connectivity index (χ2v) is 5.85. The number of carbonyl (C=O) groups is 1. The summed E-state index contributed by atoms with van der Waals surface area (Å²) in [6.07, 6.45) is 3.94. The number of hydrogen-bond donors (Lipinski definition) is 1. The molecule has 0 fully saturated rings. The van der Waals surface area contributed by atoms with Crippen LogP contribution in [0.2, 0.25) is 10.0 Å². The fourth-order valence-corrected chi connectivity index (χ4v) is 2.70. The summed E-state index contributed by atoms with van der Waals surface area (Å²) in [6.45, 7) is 1.99. The molecule has 3 aromatic rings. The van der Waals surface area contributed by atoms with E-state index in [0.29, 0.717) is 21.4 Å². The Hall–Kier alpha value is -2.04. The van der Waals surface area contributed by atoms with E-state index < -0.39 is 0 Å². The number of hydrogen-bond acceptors (Lipinski definition) is 2. The third-order valence-corrected chi connectivity index (χ3v) is 3.82. The zero-order chi connectivity index (χ0) is 15.7. The van der Waals surface area contributed by atoms with Gasteiger partial charge in [0.2, 0.25) is 5.91 Å². The average molecular weight is 334 g/mol.